The van der Waals surface area contributed by atoms with Crippen LogP contribution in [0.25, 0.3) is 0 Å². The maximum atomic E-state index is 12.4. The van der Waals surface area contributed by atoms with Crippen molar-refractivity contribution >= 4 is 12.0 Å². The van der Waals surface area contributed by atoms with Gasteiger partial charge in [0.05, 0.1) is 18.7 Å². The summed E-state index contributed by atoms with van der Waals surface area (Å²) in [6.45, 7) is 2.63. The van der Waals surface area contributed by atoms with Crippen LogP contribution in [0.4, 0.5) is 4.79 Å². The van der Waals surface area contributed by atoms with Gasteiger partial charge >= 0.3 is 12.0 Å². The minimum absolute atomic E-state index is 0.0254. The molecule has 2 N–H and O–H groups in total. The van der Waals surface area contributed by atoms with Crippen LogP contribution in [0.2, 0.25) is 0 Å². The molecule has 2 fully saturated rings. The molecular weight excluding hydrogens is 274 g/mol. The summed E-state index contributed by atoms with van der Waals surface area (Å²) >= 11 is 0. The van der Waals surface area contributed by atoms with Gasteiger partial charge in [0.2, 0.25) is 0 Å². The number of carbonyl (C=O) groups excluding carboxylic acids is 1. The van der Waals surface area contributed by atoms with Crippen molar-refractivity contribution in [3.05, 3.63) is 0 Å². The molecule has 0 bridgehead atoms. The molecule has 2 amide bonds. The summed E-state index contributed by atoms with van der Waals surface area (Å²) in [4.78, 5) is 28.2. The first kappa shape index (κ1) is 16.0. The first-order valence-electron chi connectivity index (χ1n) is 7.56. The van der Waals surface area contributed by atoms with Crippen LogP contribution in [0.15, 0.2) is 0 Å². The van der Waals surface area contributed by atoms with E-state index < -0.39 is 11.6 Å². The van der Waals surface area contributed by atoms with Crippen molar-refractivity contribution in [2.45, 2.75) is 31.3 Å². The van der Waals surface area contributed by atoms with E-state index in [2.05, 4.69) is 0 Å². The number of piperazine rings is 1. The van der Waals surface area contributed by atoms with Gasteiger partial charge in [-0.25, -0.2) is 4.79 Å². The Balaban J connectivity index is 1.79. The third-order valence-corrected chi connectivity index (χ3v) is 4.39. The Morgan fingerprint density at radius 1 is 1.14 bits per heavy atom. The SMILES string of the molecule is CN(CC1(O)CCCC1)C(=O)N1CCN(CC(=O)O)CC1. The van der Waals surface area contributed by atoms with Crippen molar-refractivity contribution in [2.75, 3.05) is 46.3 Å². The predicted molar refractivity (Wildman–Crippen MR) is 77.1 cm³/mol. The Morgan fingerprint density at radius 3 is 2.24 bits per heavy atom. The molecule has 7 heteroatoms. The van der Waals surface area contributed by atoms with Crippen molar-refractivity contribution in [2.24, 2.45) is 0 Å². The average molecular weight is 299 g/mol. The zero-order valence-corrected chi connectivity index (χ0v) is 12.6. The number of amides is 2. The first-order valence-corrected chi connectivity index (χ1v) is 7.56. The van der Waals surface area contributed by atoms with E-state index in [1.165, 1.54) is 0 Å². The summed E-state index contributed by atoms with van der Waals surface area (Å²) < 4.78 is 0. The molecule has 2 rings (SSSR count). The second kappa shape index (κ2) is 6.62. The highest BCUT2D eigenvalue weighted by atomic mass is 16.4. The summed E-state index contributed by atoms with van der Waals surface area (Å²) in [5.74, 6) is -0.838. The van der Waals surface area contributed by atoms with Gasteiger partial charge in [0.25, 0.3) is 0 Å². The van der Waals surface area contributed by atoms with Gasteiger partial charge in [-0.1, -0.05) is 12.8 Å². The molecule has 2 aliphatic rings. The van der Waals surface area contributed by atoms with Gasteiger partial charge in [0, 0.05) is 33.2 Å². The Morgan fingerprint density at radius 2 is 1.71 bits per heavy atom. The lowest BCUT2D eigenvalue weighted by molar-refractivity contribution is -0.138. The van der Waals surface area contributed by atoms with Crippen LogP contribution in [-0.4, -0.2) is 88.8 Å². The molecule has 1 aliphatic heterocycles. The van der Waals surface area contributed by atoms with E-state index in [1.807, 2.05) is 4.90 Å². The van der Waals surface area contributed by atoms with Crippen LogP contribution in [0.5, 0.6) is 0 Å². The Hall–Kier alpha value is -1.34. The number of carboxylic acids is 1. The van der Waals surface area contributed by atoms with Crippen LogP contribution in [0.1, 0.15) is 25.7 Å². The van der Waals surface area contributed by atoms with Gasteiger partial charge in [0.15, 0.2) is 0 Å². The number of urea groups is 1. The standard InChI is InChI=1S/C14H25N3O4/c1-15(11-14(21)4-2-3-5-14)13(20)17-8-6-16(7-9-17)10-12(18)19/h21H,2-11H2,1H3,(H,18,19). The second-order valence-corrected chi connectivity index (χ2v) is 6.23. The van der Waals surface area contributed by atoms with E-state index >= 15 is 0 Å². The van der Waals surface area contributed by atoms with Gasteiger partial charge in [0.1, 0.15) is 0 Å². The van der Waals surface area contributed by atoms with E-state index in [0.717, 1.165) is 25.7 Å². The van der Waals surface area contributed by atoms with E-state index in [1.54, 1.807) is 16.8 Å². The monoisotopic (exact) mass is 299 g/mol. The van der Waals surface area contributed by atoms with Crippen LogP contribution < -0.4 is 0 Å². The molecule has 1 saturated heterocycles. The number of likely N-dealkylation sites (N-methyl/N-ethyl adjacent to an activating group) is 1. The molecule has 0 atom stereocenters. The topological polar surface area (TPSA) is 84.3 Å². The number of rotatable bonds is 4. The fraction of sp³-hybridized carbons (Fsp3) is 0.857. The predicted octanol–water partition coefficient (Wildman–Crippen LogP) is 0.0455. The molecule has 120 valence electrons. The third kappa shape index (κ3) is 4.31. The molecule has 0 aromatic heterocycles. The first-order chi connectivity index (χ1) is 9.89. The average Bonchev–Trinajstić information content (AvgIpc) is 2.84. The van der Waals surface area contributed by atoms with Crippen molar-refractivity contribution in [1.82, 2.24) is 14.7 Å². The molecule has 1 saturated carbocycles. The minimum Gasteiger partial charge on any atom is -0.480 e. The number of nitrogens with zero attached hydrogens (tertiary/aromatic N) is 3. The summed E-state index contributed by atoms with van der Waals surface area (Å²) in [6, 6.07) is -0.0784. The number of hydrogen-bond donors (Lipinski definition) is 2. The second-order valence-electron chi connectivity index (χ2n) is 6.23. The van der Waals surface area contributed by atoms with E-state index in [0.29, 0.717) is 32.7 Å². The number of hydrogen-bond acceptors (Lipinski definition) is 4. The van der Waals surface area contributed by atoms with Gasteiger partial charge in [-0.2, -0.15) is 0 Å². The molecule has 0 aromatic carbocycles. The number of aliphatic carboxylic acids is 1. The van der Waals surface area contributed by atoms with Crippen LogP contribution in [0, 0.1) is 0 Å². The Kier molecular flexibility index (Phi) is 5.05. The summed E-state index contributed by atoms with van der Waals surface area (Å²) in [6.07, 6.45) is 3.56. The highest BCUT2D eigenvalue weighted by Crippen LogP contribution is 2.30. The number of carbonyl (C=O) groups is 2. The molecular formula is C14H25N3O4. The number of carboxylic acid groups (broad SMARTS) is 1. The zero-order valence-electron chi connectivity index (χ0n) is 12.6. The molecule has 1 aliphatic carbocycles. The lowest BCUT2D eigenvalue weighted by atomic mass is 10.0. The molecule has 0 unspecified atom stereocenters. The maximum absolute atomic E-state index is 12.4. The molecule has 0 radical (unpaired) electrons. The van der Waals surface area contributed by atoms with Gasteiger partial charge < -0.3 is 20.0 Å². The highest BCUT2D eigenvalue weighted by Gasteiger charge is 2.34. The fourth-order valence-electron chi connectivity index (χ4n) is 3.23. The largest absolute Gasteiger partial charge is 0.480 e. The van der Waals surface area contributed by atoms with Crippen LogP contribution in [0.3, 0.4) is 0 Å². The molecule has 1 heterocycles. The highest BCUT2D eigenvalue weighted by molar-refractivity contribution is 5.74. The Bertz CT molecular complexity index is 388. The molecule has 0 spiro atoms. The van der Waals surface area contributed by atoms with Gasteiger partial charge in [-0.3, -0.25) is 9.69 Å². The van der Waals surface area contributed by atoms with Crippen molar-refractivity contribution in [1.29, 1.82) is 0 Å². The third-order valence-electron chi connectivity index (χ3n) is 4.39. The molecule has 7 nitrogen and oxygen atoms in total. The van der Waals surface area contributed by atoms with Crippen LogP contribution >= 0.6 is 0 Å². The fourth-order valence-corrected chi connectivity index (χ4v) is 3.23. The number of aliphatic hydroxyl groups is 1. The molecule has 21 heavy (non-hydrogen) atoms. The summed E-state index contributed by atoms with van der Waals surface area (Å²) in [5, 5.41) is 19.1. The smallest absolute Gasteiger partial charge is 0.319 e. The van der Waals surface area contributed by atoms with Crippen molar-refractivity contribution < 1.29 is 19.8 Å². The van der Waals surface area contributed by atoms with Crippen molar-refractivity contribution in [3.63, 3.8) is 0 Å². The summed E-state index contributed by atoms with van der Waals surface area (Å²) in [7, 11) is 1.72. The van der Waals surface area contributed by atoms with E-state index in [-0.39, 0.29) is 12.6 Å². The van der Waals surface area contributed by atoms with Gasteiger partial charge in [-0.05, 0) is 12.8 Å². The minimum atomic E-state index is -0.838. The molecule has 0 aromatic rings. The van der Waals surface area contributed by atoms with E-state index in [9.17, 15) is 14.7 Å². The maximum Gasteiger partial charge on any atom is 0.319 e. The lowest BCUT2D eigenvalue weighted by Crippen LogP contribution is -2.54. The van der Waals surface area contributed by atoms with Gasteiger partial charge in [-0.15, -0.1) is 0 Å². The van der Waals surface area contributed by atoms with Crippen molar-refractivity contribution in [3.8, 4) is 0 Å². The lowest BCUT2D eigenvalue weighted by Gasteiger charge is -2.37. The van der Waals surface area contributed by atoms with E-state index in [4.69, 9.17) is 5.11 Å². The zero-order chi connectivity index (χ0) is 15.5. The summed E-state index contributed by atoms with van der Waals surface area (Å²) in [5.41, 5.74) is -0.727. The Labute approximate surface area is 125 Å². The normalized spacial score (nSPS) is 22.3. The quantitative estimate of drug-likeness (QED) is 0.766. The van der Waals surface area contributed by atoms with Crippen LogP contribution in [-0.2, 0) is 4.79 Å².